The summed E-state index contributed by atoms with van der Waals surface area (Å²) in [5.74, 6) is 0.779. The molecule has 2 amide bonds. The fourth-order valence-electron chi connectivity index (χ4n) is 3.61. The number of benzene rings is 3. The zero-order valence-corrected chi connectivity index (χ0v) is 19.1. The van der Waals surface area contributed by atoms with Crippen LogP contribution in [0.3, 0.4) is 0 Å². The molecule has 5 nitrogen and oxygen atoms in total. The monoisotopic (exact) mass is 470 g/mol. The number of ether oxygens (including phenoxy) is 2. The summed E-state index contributed by atoms with van der Waals surface area (Å²) in [7, 11) is 1.62. The molecular formula is C25H24Cl2N2O3. The van der Waals surface area contributed by atoms with E-state index in [1.165, 1.54) is 0 Å². The highest BCUT2D eigenvalue weighted by molar-refractivity contribution is 6.32. The Bertz CT molecular complexity index is 1030. The Morgan fingerprint density at radius 3 is 2.09 bits per heavy atom. The number of hydrogen-bond acceptors (Lipinski definition) is 3. The first-order valence-electron chi connectivity index (χ1n) is 10.4. The average Bonchev–Trinajstić information content (AvgIpc) is 2.79. The predicted octanol–water partition coefficient (Wildman–Crippen LogP) is 6.05. The second-order valence-electron chi connectivity index (χ2n) is 7.50. The number of carbonyl (C=O) groups excluding carboxylic acids is 1. The van der Waals surface area contributed by atoms with Gasteiger partial charge in [0.05, 0.1) is 7.11 Å². The van der Waals surface area contributed by atoms with Gasteiger partial charge in [0.25, 0.3) is 0 Å². The zero-order chi connectivity index (χ0) is 22.5. The van der Waals surface area contributed by atoms with Gasteiger partial charge in [0.2, 0.25) is 0 Å². The average molecular weight is 471 g/mol. The summed E-state index contributed by atoms with van der Waals surface area (Å²) in [6.45, 7) is 1.04. The van der Waals surface area contributed by atoms with Crippen molar-refractivity contribution in [2.75, 3.05) is 13.7 Å². The van der Waals surface area contributed by atoms with Gasteiger partial charge in [-0.3, -0.25) is 4.90 Å². The van der Waals surface area contributed by atoms with Crippen molar-refractivity contribution in [3.8, 4) is 5.75 Å². The number of urea groups is 1. The van der Waals surface area contributed by atoms with Gasteiger partial charge >= 0.3 is 6.03 Å². The largest absolute Gasteiger partial charge is 0.497 e. The minimum Gasteiger partial charge on any atom is -0.497 e. The van der Waals surface area contributed by atoms with Gasteiger partial charge < -0.3 is 14.8 Å². The van der Waals surface area contributed by atoms with E-state index >= 15 is 0 Å². The van der Waals surface area contributed by atoms with Crippen LogP contribution in [-0.4, -0.2) is 30.8 Å². The zero-order valence-electron chi connectivity index (χ0n) is 17.6. The van der Waals surface area contributed by atoms with Crippen LogP contribution in [0, 0.1) is 0 Å². The summed E-state index contributed by atoms with van der Waals surface area (Å²) < 4.78 is 11.6. The first kappa shape index (κ1) is 22.5. The highest BCUT2D eigenvalue weighted by Crippen LogP contribution is 2.38. The topological polar surface area (TPSA) is 50.8 Å². The highest BCUT2D eigenvalue weighted by Gasteiger charge is 2.36. The van der Waals surface area contributed by atoms with Crippen LogP contribution >= 0.6 is 23.2 Å². The van der Waals surface area contributed by atoms with E-state index < -0.39 is 6.10 Å². The molecule has 0 spiro atoms. The molecule has 4 rings (SSSR count). The van der Waals surface area contributed by atoms with Crippen molar-refractivity contribution in [1.82, 2.24) is 10.2 Å². The van der Waals surface area contributed by atoms with Gasteiger partial charge in [-0.05, 0) is 29.8 Å². The lowest BCUT2D eigenvalue weighted by atomic mass is 10.0. The van der Waals surface area contributed by atoms with Crippen LogP contribution in [0.5, 0.6) is 5.75 Å². The van der Waals surface area contributed by atoms with Gasteiger partial charge in [0, 0.05) is 40.7 Å². The molecule has 1 aliphatic rings. The molecular weight excluding hydrogens is 447 g/mol. The second kappa shape index (κ2) is 10.3. The van der Waals surface area contributed by atoms with E-state index in [1.807, 2.05) is 72.8 Å². The number of nitrogens with zero attached hydrogens (tertiary/aromatic N) is 1. The van der Waals surface area contributed by atoms with Gasteiger partial charge in [0.15, 0.2) is 0 Å². The Kier molecular flexibility index (Phi) is 7.20. The number of methoxy groups -OCH3 is 1. The van der Waals surface area contributed by atoms with Crippen LogP contribution in [0.25, 0.3) is 0 Å². The third-order valence-electron chi connectivity index (χ3n) is 5.50. The molecule has 0 saturated carbocycles. The molecule has 1 heterocycles. The maximum atomic E-state index is 12.8. The van der Waals surface area contributed by atoms with Crippen LogP contribution in [0.1, 0.15) is 29.2 Å². The van der Waals surface area contributed by atoms with Crippen molar-refractivity contribution in [3.05, 3.63) is 99.5 Å². The first-order valence-corrected chi connectivity index (χ1v) is 11.1. The number of hydrogen-bond donors (Lipinski definition) is 1. The van der Waals surface area contributed by atoms with Crippen molar-refractivity contribution in [1.29, 1.82) is 0 Å². The van der Waals surface area contributed by atoms with E-state index in [0.29, 0.717) is 23.1 Å². The Balaban J connectivity index is 1.46. The van der Waals surface area contributed by atoms with E-state index in [2.05, 4.69) is 5.32 Å². The van der Waals surface area contributed by atoms with Gasteiger partial charge in [-0.1, -0.05) is 71.7 Å². The Morgan fingerprint density at radius 2 is 1.59 bits per heavy atom. The van der Waals surface area contributed by atoms with Crippen molar-refractivity contribution in [2.45, 2.75) is 25.3 Å². The minimum atomic E-state index is -0.486. The number of rotatable bonds is 7. The first-order chi connectivity index (χ1) is 15.6. The standard InChI is InChI=1S/C25H24Cl2N2O3/c1-31-18-12-10-17(11-13-18)16-28-25(30)29-15-14-23(29)32-24(19-6-2-4-8-21(19)26)20-7-3-5-9-22(20)27/h2-13,23-24H,14-16H2,1H3,(H,28,30). The highest BCUT2D eigenvalue weighted by atomic mass is 35.5. The van der Waals surface area contributed by atoms with Gasteiger partial charge in [-0.25, -0.2) is 4.79 Å². The van der Waals surface area contributed by atoms with E-state index in [0.717, 1.165) is 28.9 Å². The smallest absolute Gasteiger partial charge is 0.319 e. The van der Waals surface area contributed by atoms with E-state index in [1.54, 1.807) is 12.0 Å². The molecule has 0 aliphatic carbocycles. The number of nitrogens with one attached hydrogen (secondary N) is 1. The summed E-state index contributed by atoms with van der Waals surface area (Å²) in [6, 6.07) is 22.5. The molecule has 3 aromatic carbocycles. The second-order valence-corrected chi connectivity index (χ2v) is 8.32. The van der Waals surface area contributed by atoms with Crippen molar-refractivity contribution < 1.29 is 14.3 Å². The molecule has 1 unspecified atom stereocenters. The summed E-state index contributed by atoms with van der Waals surface area (Å²) in [5, 5.41) is 4.14. The van der Waals surface area contributed by atoms with Crippen molar-refractivity contribution >= 4 is 29.2 Å². The van der Waals surface area contributed by atoms with E-state index in [-0.39, 0.29) is 12.3 Å². The molecule has 32 heavy (non-hydrogen) atoms. The van der Waals surface area contributed by atoms with Gasteiger partial charge in [-0.15, -0.1) is 0 Å². The Morgan fingerprint density at radius 1 is 1.00 bits per heavy atom. The van der Waals surface area contributed by atoms with E-state index in [4.69, 9.17) is 32.7 Å². The maximum Gasteiger partial charge on any atom is 0.319 e. The molecule has 166 valence electrons. The van der Waals surface area contributed by atoms with Crippen LogP contribution in [0.2, 0.25) is 10.0 Å². The quantitative estimate of drug-likeness (QED) is 0.457. The molecule has 0 bridgehead atoms. The SMILES string of the molecule is COc1ccc(CNC(=O)N2CCC2OC(c2ccccc2Cl)c2ccccc2Cl)cc1. The molecule has 1 N–H and O–H groups in total. The number of amides is 2. The van der Waals surface area contributed by atoms with Crippen LogP contribution < -0.4 is 10.1 Å². The fourth-order valence-corrected chi connectivity index (χ4v) is 4.08. The lowest BCUT2D eigenvalue weighted by Crippen LogP contribution is -2.56. The molecule has 0 aromatic heterocycles. The summed E-state index contributed by atoms with van der Waals surface area (Å²) in [6.07, 6.45) is -0.121. The predicted molar refractivity (Wildman–Crippen MR) is 126 cm³/mol. The maximum absolute atomic E-state index is 12.8. The van der Waals surface area contributed by atoms with Gasteiger partial charge in [0.1, 0.15) is 18.1 Å². The van der Waals surface area contributed by atoms with Crippen LogP contribution in [0.15, 0.2) is 72.8 Å². The molecule has 1 aliphatic heterocycles. The molecule has 1 saturated heterocycles. The lowest BCUT2D eigenvalue weighted by molar-refractivity contribution is -0.120. The fraction of sp³-hybridized carbons (Fsp3) is 0.240. The van der Waals surface area contributed by atoms with Crippen molar-refractivity contribution in [3.63, 3.8) is 0 Å². The molecule has 7 heteroatoms. The molecule has 0 radical (unpaired) electrons. The van der Waals surface area contributed by atoms with E-state index in [9.17, 15) is 4.79 Å². The van der Waals surface area contributed by atoms with Gasteiger partial charge in [-0.2, -0.15) is 0 Å². The summed E-state index contributed by atoms with van der Waals surface area (Å²) in [5.41, 5.74) is 2.61. The summed E-state index contributed by atoms with van der Waals surface area (Å²) in [4.78, 5) is 14.5. The van der Waals surface area contributed by atoms with Crippen molar-refractivity contribution in [2.24, 2.45) is 0 Å². The minimum absolute atomic E-state index is 0.172. The number of carbonyl (C=O) groups is 1. The molecule has 3 aromatic rings. The number of likely N-dealkylation sites (tertiary alicyclic amines) is 1. The molecule has 1 fully saturated rings. The summed E-state index contributed by atoms with van der Waals surface area (Å²) >= 11 is 13.0. The third-order valence-corrected chi connectivity index (χ3v) is 6.19. The van der Waals surface area contributed by atoms with Crippen LogP contribution in [-0.2, 0) is 11.3 Å². The number of halogens is 2. The Hall–Kier alpha value is -2.73. The normalized spacial score (nSPS) is 15.4. The lowest BCUT2D eigenvalue weighted by Gasteiger charge is -2.42. The third kappa shape index (κ3) is 5.01. The van der Waals surface area contributed by atoms with Crippen LogP contribution in [0.4, 0.5) is 4.79 Å². The Labute approximate surface area is 197 Å². The molecule has 1 atom stereocenters.